The first kappa shape index (κ1) is 17.7. The van der Waals surface area contributed by atoms with E-state index in [1.807, 2.05) is 27.3 Å². The predicted octanol–water partition coefficient (Wildman–Crippen LogP) is 1.56. The molecule has 1 aliphatic heterocycles. The Morgan fingerprint density at radius 1 is 1.00 bits per heavy atom. The van der Waals surface area contributed by atoms with Gasteiger partial charge >= 0.3 is 0 Å². The lowest BCUT2D eigenvalue weighted by Gasteiger charge is -2.54. The first-order valence-electron chi connectivity index (χ1n) is 10.6. The second-order valence-corrected chi connectivity index (χ2v) is 10.3. The van der Waals surface area contributed by atoms with Crippen molar-refractivity contribution in [2.45, 2.75) is 44.1 Å². The lowest BCUT2D eigenvalue weighted by Crippen LogP contribution is -3.00. The van der Waals surface area contributed by atoms with Crippen molar-refractivity contribution in [1.29, 1.82) is 0 Å². The molecule has 1 aromatic rings. The van der Waals surface area contributed by atoms with E-state index in [1.165, 1.54) is 49.9 Å². The highest BCUT2D eigenvalue weighted by atomic mass is 32.1. The normalized spacial score (nSPS) is 34.9. The van der Waals surface area contributed by atoms with Gasteiger partial charge in [0.15, 0.2) is 6.54 Å². The van der Waals surface area contributed by atoms with Crippen LogP contribution in [0.2, 0.25) is 0 Å². The summed E-state index contributed by atoms with van der Waals surface area (Å²) >= 11 is 1.49. The number of thiophene rings is 1. The van der Waals surface area contributed by atoms with Gasteiger partial charge in [-0.1, -0.05) is 6.07 Å². The summed E-state index contributed by atoms with van der Waals surface area (Å²) in [7, 11) is 0. The Labute approximate surface area is 165 Å². The molecule has 2 heterocycles. The molecule has 0 radical (unpaired) electrons. The minimum Gasteiger partial charge on any atom is -0.334 e. The van der Waals surface area contributed by atoms with E-state index in [0.29, 0.717) is 38.3 Å². The van der Waals surface area contributed by atoms with E-state index >= 15 is 0 Å². The number of hydrogen-bond acceptors (Lipinski definition) is 3. The third kappa shape index (κ3) is 3.42. The zero-order valence-electron chi connectivity index (χ0n) is 15.9. The van der Waals surface area contributed by atoms with Crippen LogP contribution in [0.25, 0.3) is 0 Å². The molecule has 4 saturated carbocycles. The summed E-state index contributed by atoms with van der Waals surface area (Å²) in [5.41, 5.74) is 0.362. The summed E-state index contributed by atoms with van der Waals surface area (Å²) in [4.78, 5) is 29.9. The third-order valence-corrected chi connectivity index (χ3v) is 8.30. The Morgan fingerprint density at radius 2 is 1.59 bits per heavy atom. The summed E-state index contributed by atoms with van der Waals surface area (Å²) in [6, 6.07) is 3.79. The van der Waals surface area contributed by atoms with E-state index in [1.54, 1.807) is 0 Å². The Kier molecular flexibility index (Phi) is 4.51. The van der Waals surface area contributed by atoms with Gasteiger partial charge < -0.3 is 15.1 Å². The maximum Gasteiger partial charge on any atom is 0.277 e. The fourth-order valence-electron chi connectivity index (χ4n) is 6.58. The number of nitrogens with two attached hydrogens (primary N) is 1. The maximum absolute atomic E-state index is 12.8. The highest BCUT2D eigenvalue weighted by Gasteiger charge is 2.53. The van der Waals surface area contributed by atoms with Crippen LogP contribution in [0.4, 0.5) is 0 Å². The van der Waals surface area contributed by atoms with Gasteiger partial charge in [0.05, 0.1) is 10.4 Å². The molecule has 2 amide bonds. The van der Waals surface area contributed by atoms with Crippen LogP contribution in [-0.2, 0) is 4.79 Å². The Hall–Kier alpha value is -1.40. The molecule has 6 heteroatoms. The molecule has 27 heavy (non-hydrogen) atoms. The van der Waals surface area contributed by atoms with E-state index in [0.717, 1.165) is 22.6 Å². The van der Waals surface area contributed by atoms with Gasteiger partial charge in [0, 0.05) is 45.4 Å². The first-order chi connectivity index (χ1) is 13.1. The molecule has 4 bridgehead atoms. The Morgan fingerprint density at radius 3 is 2.15 bits per heavy atom. The molecule has 2 N–H and O–H groups in total. The number of carbonyl (C=O) groups excluding carboxylic acids is 2. The SMILES string of the molecule is O=C(C[NH2+]C12CC3CC(CC(C3)C1)C2)N1CCN(C(=O)c2cccs2)CC1. The zero-order valence-corrected chi connectivity index (χ0v) is 16.8. The fourth-order valence-corrected chi connectivity index (χ4v) is 7.27. The molecule has 4 aliphatic carbocycles. The van der Waals surface area contributed by atoms with E-state index in [4.69, 9.17) is 0 Å². The van der Waals surface area contributed by atoms with Crippen molar-refractivity contribution >= 4 is 23.2 Å². The van der Waals surface area contributed by atoms with Gasteiger partial charge in [-0.3, -0.25) is 9.59 Å². The number of carbonyl (C=O) groups is 2. The highest BCUT2D eigenvalue weighted by Crippen LogP contribution is 2.54. The summed E-state index contributed by atoms with van der Waals surface area (Å²) in [5.74, 6) is 3.14. The largest absolute Gasteiger partial charge is 0.334 e. The molecule has 5 nitrogen and oxygen atoms in total. The number of nitrogens with zero attached hydrogens (tertiary/aromatic N) is 2. The van der Waals surface area contributed by atoms with Crippen molar-refractivity contribution in [3.05, 3.63) is 22.4 Å². The van der Waals surface area contributed by atoms with Crippen LogP contribution in [0.3, 0.4) is 0 Å². The second kappa shape index (κ2) is 6.89. The molecule has 0 aromatic carbocycles. The zero-order chi connectivity index (χ0) is 18.4. The van der Waals surface area contributed by atoms with E-state index in [9.17, 15) is 9.59 Å². The van der Waals surface area contributed by atoms with E-state index < -0.39 is 0 Å². The summed E-state index contributed by atoms with van der Waals surface area (Å²) < 4.78 is 0. The van der Waals surface area contributed by atoms with Crippen molar-refractivity contribution < 1.29 is 14.9 Å². The molecular formula is C21H30N3O2S+. The lowest BCUT2D eigenvalue weighted by molar-refractivity contribution is -0.730. The Balaban J connectivity index is 1.12. The molecular weight excluding hydrogens is 358 g/mol. The number of rotatable bonds is 4. The van der Waals surface area contributed by atoms with Crippen LogP contribution in [-0.4, -0.2) is 59.9 Å². The van der Waals surface area contributed by atoms with E-state index in [2.05, 4.69) is 5.32 Å². The van der Waals surface area contributed by atoms with Crippen LogP contribution in [0.5, 0.6) is 0 Å². The Bertz CT molecular complexity index is 674. The van der Waals surface area contributed by atoms with Crippen LogP contribution in [0, 0.1) is 17.8 Å². The monoisotopic (exact) mass is 388 g/mol. The van der Waals surface area contributed by atoms with Crippen molar-refractivity contribution in [2.75, 3.05) is 32.7 Å². The molecule has 5 fully saturated rings. The van der Waals surface area contributed by atoms with Crippen molar-refractivity contribution in [3.63, 3.8) is 0 Å². The van der Waals surface area contributed by atoms with Crippen molar-refractivity contribution in [1.82, 2.24) is 9.80 Å². The van der Waals surface area contributed by atoms with Gasteiger partial charge in [-0.15, -0.1) is 11.3 Å². The van der Waals surface area contributed by atoms with Crippen LogP contribution in [0.15, 0.2) is 17.5 Å². The standard InChI is InChI=1S/C21H29N3O2S/c25-19(14-22-21-11-15-8-16(12-21)10-17(9-15)13-21)23-3-5-24(6-4-23)20(26)18-2-1-7-27-18/h1-2,7,15-17,22H,3-6,8-14H2/p+1. The van der Waals surface area contributed by atoms with E-state index in [-0.39, 0.29) is 11.8 Å². The van der Waals surface area contributed by atoms with Crippen molar-refractivity contribution in [2.24, 2.45) is 17.8 Å². The number of piperazine rings is 1. The quantitative estimate of drug-likeness (QED) is 0.851. The lowest BCUT2D eigenvalue weighted by atomic mass is 9.53. The van der Waals surface area contributed by atoms with Gasteiger partial charge in [0.25, 0.3) is 11.8 Å². The van der Waals surface area contributed by atoms with Gasteiger partial charge in [-0.25, -0.2) is 0 Å². The number of quaternary nitrogens is 1. The second-order valence-electron chi connectivity index (χ2n) is 9.34. The molecule has 5 aliphatic rings. The predicted molar refractivity (Wildman–Crippen MR) is 104 cm³/mol. The van der Waals surface area contributed by atoms with Crippen LogP contribution in [0.1, 0.15) is 48.2 Å². The molecule has 0 atom stereocenters. The topological polar surface area (TPSA) is 57.2 Å². The summed E-state index contributed by atoms with van der Waals surface area (Å²) in [6.45, 7) is 3.24. The van der Waals surface area contributed by atoms with Gasteiger partial charge in [-0.2, -0.15) is 0 Å². The molecule has 0 unspecified atom stereocenters. The minimum atomic E-state index is 0.109. The molecule has 1 saturated heterocycles. The minimum absolute atomic E-state index is 0.109. The third-order valence-electron chi connectivity index (χ3n) is 7.45. The molecule has 6 rings (SSSR count). The number of amides is 2. The first-order valence-corrected chi connectivity index (χ1v) is 11.4. The average molecular weight is 389 g/mol. The smallest absolute Gasteiger partial charge is 0.277 e. The van der Waals surface area contributed by atoms with Gasteiger partial charge in [-0.05, 0) is 48.5 Å². The highest BCUT2D eigenvalue weighted by molar-refractivity contribution is 7.12. The summed E-state index contributed by atoms with van der Waals surface area (Å²) in [6.07, 6.45) is 8.32. The van der Waals surface area contributed by atoms with Crippen LogP contribution < -0.4 is 5.32 Å². The molecule has 1 aromatic heterocycles. The van der Waals surface area contributed by atoms with Crippen LogP contribution >= 0.6 is 11.3 Å². The number of hydrogen-bond donors (Lipinski definition) is 1. The fraction of sp³-hybridized carbons (Fsp3) is 0.714. The van der Waals surface area contributed by atoms with Gasteiger partial charge in [0.2, 0.25) is 0 Å². The van der Waals surface area contributed by atoms with Crippen molar-refractivity contribution in [3.8, 4) is 0 Å². The summed E-state index contributed by atoms with van der Waals surface area (Å²) in [5, 5.41) is 4.34. The van der Waals surface area contributed by atoms with Gasteiger partial charge in [0.1, 0.15) is 0 Å². The average Bonchev–Trinajstić information content (AvgIpc) is 3.19. The molecule has 146 valence electrons. The maximum atomic E-state index is 12.8. The molecule has 0 spiro atoms.